The third-order valence-electron chi connectivity index (χ3n) is 16.6. The number of carboxylic acids is 7. The van der Waals surface area contributed by atoms with Gasteiger partial charge in [-0.15, -0.1) is 34.0 Å². The third-order valence-corrected chi connectivity index (χ3v) is 22.8. The van der Waals surface area contributed by atoms with Gasteiger partial charge >= 0.3 is 89.5 Å². The molecule has 0 aliphatic heterocycles. The van der Waals surface area contributed by atoms with Gasteiger partial charge in [-0.2, -0.15) is 12.6 Å². The zero-order valence-corrected chi connectivity index (χ0v) is 80.3. The van der Waals surface area contributed by atoms with Gasteiger partial charge in [0, 0.05) is 30.3 Å². The number of fused-ring (bicyclic) bond motifs is 3. The van der Waals surface area contributed by atoms with Crippen molar-refractivity contribution in [3.8, 4) is 17.2 Å². The van der Waals surface area contributed by atoms with Crippen LogP contribution < -0.4 is 14.2 Å². The predicted molar refractivity (Wildman–Crippen MR) is 506 cm³/mol. The fraction of sp³-hybridized carbons (Fsp3) is 0.167. The number of aliphatic carboxylic acids is 2. The van der Waals surface area contributed by atoms with E-state index in [4.69, 9.17) is 154 Å². The number of methoxy groups -OCH3 is 2. The molecule has 0 atom stereocenters. The van der Waals surface area contributed by atoms with Crippen molar-refractivity contribution in [3.05, 3.63) is 293 Å². The van der Waals surface area contributed by atoms with Crippen LogP contribution in [0.25, 0.3) is 30.3 Å². The Morgan fingerprint density at radius 2 is 0.570 bits per heavy atom. The number of carboxylic acid groups (broad SMARTS) is 7. The topological polar surface area (TPSA) is 499 Å². The molecular weight excluding hydrogens is 2070 g/mol. The largest absolute Gasteiger partial charge is 0.479 e. The Morgan fingerprint density at radius 1 is 0.311 bits per heavy atom. The predicted octanol–water partition coefficient (Wildman–Crippen LogP) is 20.3. The van der Waals surface area contributed by atoms with Crippen LogP contribution in [0, 0.1) is 0 Å². The van der Waals surface area contributed by atoms with Crippen LogP contribution in [0.4, 0.5) is 0 Å². The quantitative estimate of drug-likeness (QED) is 0.00865. The maximum atomic E-state index is 12.6. The van der Waals surface area contributed by atoms with E-state index in [-0.39, 0.29) is 169 Å². The van der Waals surface area contributed by atoms with E-state index in [0.717, 1.165) is 68.4 Å². The summed E-state index contributed by atoms with van der Waals surface area (Å²) in [5, 5.41) is 63.3. The van der Waals surface area contributed by atoms with Crippen LogP contribution >= 0.6 is 144 Å². The molecule has 3 aromatic heterocycles. The standard InChI is InChI=1S/C22H16Cl2O4.C22H19ClO7S.C19H13ClO7S.C12H7ClO7S.C8H4Cl2O4.C4H7BrO2.C3H6O2S/c23-19-12-18(22(26)28-14-16-9-5-2-6-10-16)20(24)11-17(19)21(25)27-13-15-7-3-1-4-8-15;1-3-28-18(24)12-29-19-15-9-16(23)14(10-17(15)31-20(19)22(26)27-2)21(25)30-11-13-7-5-4-6-8-13;20-13-6-12-14(28-17(18(23)24)16(12)26-9-15(21)22)7-11(13)19(25)27-8-10-4-2-1-3-5-10;13-6-1-5-7(2-4(6)11(16)17)21-10(12(18)19)9(5)20-3-8(14)15;9-5-1-3(7(11)12)6(10)2-4(5)8(13)14;1-2-7-4(6)3-5;1-5-3(4)2-6/h1-12H,13-14H2;4-10H,3,11-12H2,1-2H3;1-7H,8-9H2,(H,21,22)(H,23,24);1-2H,3H2,(H,14,15)(H,16,17)(H,18,19);1-2H,(H,11,12)(H,13,14);2-3H2,1H3;6H,2H2,1H3. The molecule has 0 aliphatic rings. The highest BCUT2D eigenvalue weighted by Crippen LogP contribution is 2.44. The Balaban J connectivity index is 0.000000254. The van der Waals surface area contributed by atoms with Crippen molar-refractivity contribution in [2.24, 2.45) is 0 Å². The maximum absolute atomic E-state index is 12.6. The molecule has 3 heterocycles. The molecule has 0 spiro atoms. The van der Waals surface area contributed by atoms with Gasteiger partial charge in [0.05, 0.1) is 107 Å². The first-order valence-electron chi connectivity index (χ1n) is 37.9. The van der Waals surface area contributed by atoms with E-state index in [9.17, 15) is 77.0 Å². The van der Waals surface area contributed by atoms with Crippen molar-refractivity contribution in [1.29, 1.82) is 0 Å². The first kappa shape index (κ1) is 111. The summed E-state index contributed by atoms with van der Waals surface area (Å²) in [4.78, 5) is 169. The molecule has 9 aromatic carbocycles. The lowest BCUT2D eigenvalue weighted by molar-refractivity contribution is -0.145. The summed E-state index contributed by atoms with van der Waals surface area (Å²) in [5.74, 6) is -13.0. The van der Waals surface area contributed by atoms with Gasteiger partial charge in [-0.1, -0.05) is 218 Å². The van der Waals surface area contributed by atoms with Gasteiger partial charge in [-0.05, 0) is 96.8 Å². The lowest BCUT2D eigenvalue weighted by Crippen LogP contribution is -2.15. The van der Waals surface area contributed by atoms with Crippen molar-refractivity contribution >= 4 is 264 Å². The molecule has 12 rings (SSSR count). The van der Waals surface area contributed by atoms with Crippen LogP contribution in [0.15, 0.2) is 182 Å². The van der Waals surface area contributed by atoms with Crippen LogP contribution in [0.1, 0.15) is 138 Å². The first-order chi connectivity index (χ1) is 64.2. The minimum absolute atomic E-state index is 0.0421. The second-order valence-electron chi connectivity index (χ2n) is 25.8. The number of benzene rings is 9. The van der Waals surface area contributed by atoms with Gasteiger partial charge in [0.2, 0.25) is 0 Å². The van der Waals surface area contributed by atoms with E-state index in [1.54, 1.807) is 13.8 Å². The minimum atomic E-state index is -1.30. The number of hydrogen-bond donors (Lipinski definition) is 8. The highest BCUT2D eigenvalue weighted by Gasteiger charge is 2.29. The molecular formula is C90H72BrCl7O33S4. The summed E-state index contributed by atoms with van der Waals surface area (Å²) in [7, 11) is 2.57. The average Bonchev–Trinajstić information content (AvgIpc) is 1.62. The number of esters is 8. The summed E-state index contributed by atoms with van der Waals surface area (Å²) in [6.45, 7) is 2.68. The van der Waals surface area contributed by atoms with Crippen LogP contribution in [-0.2, 0) is 88.3 Å². The lowest BCUT2D eigenvalue weighted by Gasteiger charge is -2.10. The van der Waals surface area contributed by atoms with E-state index in [1.165, 1.54) is 62.8 Å². The molecule has 710 valence electrons. The van der Waals surface area contributed by atoms with E-state index in [2.05, 4.69) is 38.0 Å². The van der Waals surface area contributed by atoms with Gasteiger partial charge < -0.3 is 87.9 Å². The van der Waals surface area contributed by atoms with Gasteiger partial charge in [0.1, 0.15) is 31.8 Å². The Kier molecular flexibility index (Phi) is 45.8. The second kappa shape index (κ2) is 55.7. The molecule has 0 saturated heterocycles. The van der Waals surface area contributed by atoms with Crippen LogP contribution in [-0.4, -0.2) is 184 Å². The number of thiol groups is 1. The van der Waals surface area contributed by atoms with Crippen molar-refractivity contribution in [1.82, 2.24) is 0 Å². The average molecular weight is 2140 g/mol. The molecule has 33 nitrogen and oxygen atoms in total. The molecule has 0 unspecified atom stereocenters. The lowest BCUT2D eigenvalue weighted by atomic mass is 10.1. The number of halogens is 8. The van der Waals surface area contributed by atoms with Gasteiger partial charge in [-0.25, -0.2) is 62.3 Å². The van der Waals surface area contributed by atoms with Crippen LogP contribution in [0.3, 0.4) is 0 Å². The molecule has 45 heteroatoms. The van der Waals surface area contributed by atoms with E-state index in [0.29, 0.717) is 36.8 Å². The zero-order valence-electron chi connectivity index (χ0n) is 70.0. The Bertz CT molecular complexity index is 6190. The van der Waals surface area contributed by atoms with E-state index >= 15 is 0 Å². The smallest absolute Gasteiger partial charge is 0.351 e. The van der Waals surface area contributed by atoms with Gasteiger partial charge in [0.25, 0.3) is 0 Å². The van der Waals surface area contributed by atoms with E-state index in [1.807, 2.05) is 121 Å². The summed E-state index contributed by atoms with van der Waals surface area (Å²) in [5.41, 5.74) is 3.12. The molecule has 0 bridgehead atoms. The Labute approximate surface area is 825 Å². The number of rotatable bonds is 31. The zero-order chi connectivity index (χ0) is 99.9. The van der Waals surface area contributed by atoms with Crippen molar-refractivity contribution in [2.45, 2.75) is 40.3 Å². The van der Waals surface area contributed by atoms with E-state index < -0.39 is 90.8 Å². The van der Waals surface area contributed by atoms with Crippen LogP contribution in [0.5, 0.6) is 17.2 Å². The molecule has 12 aromatic rings. The Morgan fingerprint density at radius 3 is 0.837 bits per heavy atom. The fourth-order valence-corrected chi connectivity index (χ4v) is 15.6. The number of thiophene rings is 3. The number of hydrogen-bond acceptors (Lipinski definition) is 30. The minimum Gasteiger partial charge on any atom is -0.479 e. The molecule has 0 radical (unpaired) electrons. The SMILES string of the molecule is CCOC(=O)CBr.CCOC(=O)COc1c(C(=O)OC)sc2cc(C(=O)OCc3ccccc3)c(Cl)cc12.COC(=O)CS.O=C(O)COc1c(C(=O)O)sc2cc(C(=O)O)c(Cl)cc12.O=C(O)COc1c(C(=O)O)sc2cc(C(=O)OCc3ccccc3)c(Cl)cc12.O=C(O)c1cc(Cl)c(C(=O)O)cc1Cl.O=C(OCc1ccccc1)c1cc(Cl)c(C(=O)OCc2ccccc2)cc1Cl. The summed E-state index contributed by atoms with van der Waals surface area (Å²) in [6.07, 6.45) is 0. The van der Waals surface area contributed by atoms with Gasteiger partial charge in [-0.3, -0.25) is 9.59 Å². The fourth-order valence-electron chi connectivity index (χ4n) is 10.5. The summed E-state index contributed by atoms with van der Waals surface area (Å²) >= 11 is 51.0. The van der Waals surface area contributed by atoms with Gasteiger partial charge in [0.15, 0.2) is 51.7 Å². The normalized spacial score (nSPS) is 10.2. The monoisotopic (exact) mass is 2130 g/mol. The third kappa shape index (κ3) is 34.2. The van der Waals surface area contributed by atoms with Crippen molar-refractivity contribution in [2.75, 3.05) is 58.3 Å². The van der Waals surface area contributed by atoms with Crippen molar-refractivity contribution < 1.29 is 160 Å². The highest BCUT2D eigenvalue weighted by atomic mass is 79.9. The molecule has 0 fully saturated rings. The number of ether oxygens (including phenoxy) is 11. The molecule has 0 saturated carbocycles. The molecule has 135 heavy (non-hydrogen) atoms. The molecule has 7 N–H and O–H groups in total. The Hall–Kier alpha value is -12.8. The molecule has 0 amide bonds. The number of carbonyl (C=O) groups excluding carboxylic acids is 8. The number of alkyl halides is 1. The number of carbonyl (C=O) groups is 15. The van der Waals surface area contributed by atoms with Crippen LogP contribution in [0.2, 0.25) is 35.2 Å². The summed E-state index contributed by atoms with van der Waals surface area (Å²) < 4.78 is 56.4. The first-order valence-corrected chi connectivity index (χ1v) is 44.8. The second-order valence-corrected chi connectivity index (χ2v) is 32.7. The van der Waals surface area contributed by atoms with Crippen molar-refractivity contribution in [3.63, 3.8) is 0 Å². The molecule has 0 aliphatic carbocycles. The summed E-state index contributed by atoms with van der Waals surface area (Å²) in [6, 6.07) is 49.8. The highest BCUT2D eigenvalue weighted by molar-refractivity contribution is 9.09. The maximum Gasteiger partial charge on any atom is 0.351 e. The number of aromatic carboxylic acids is 5.